The first-order chi connectivity index (χ1) is 16.0. The van der Waals surface area contributed by atoms with Gasteiger partial charge in [0.1, 0.15) is 0 Å². The number of carbonyl (C=O) groups excluding carboxylic acids is 4. The summed E-state index contributed by atoms with van der Waals surface area (Å²) >= 11 is 0. The van der Waals surface area contributed by atoms with Crippen LogP contribution >= 0.6 is 0 Å². The van der Waals surface area contributed by atoms with Crippen molar-refractivity contribution < 1.29 is 19.2 Å². The minimum absolute atomic E-state index is 0.0249. The number of para-hydroxylation sites is 2. The molecule has 2 heterocycles. The molecule has 7 nitrogen and oxygen atoms in total. The number of nitrogens with zero attached hydrogens (tertiary/aromatic N) is 2. The highest BCUT2D eigenvalue weighted by Gasteiger charge is 2.36. The Balaban J connectivity index is 1.38. The quantitative estimate of drug-likeness (QED) is 0.612. The van der Waals surface area contributed by atoms with E-state index in [1.54, 1.807) is 23.1 Å². The summed E-state index contributed by atoms with van der Waals surface area (Å²) in [5.41, 5.74) is 2.78. The largest absolute Gasteiger partial charge is 0.320 e. The minimum atomic E-state index is -0.420. The molecule has 0 aliphatic carbocycles. The van der Waals surface area contributed by atoms with Crippen molar-refractivity contribution in [1.82, 2.24) is 4.90 Å². The van der Waals surface area contributed by atoms with E-state index in [9.17, 15) is 19.2 Å². The SMILES string of the molecule is O=C(Nc1ccccc1N1CCCC1=O)c1ccc2c(c1)C(=O)N(Cc1ccccc1)C2=O. The van der Waals surface area contributed by atoms with Crippen LogP contribution in [0.5, 0.6) is 0 Å². The van der Waals surface area contributed by atoms with E-state index in [0.717, 1.165) is 12.0 Å². The number of hydrogen-bond acceptors (Lipinski definition) is 4. The smallest absolute Gasteiger partial charge is 0.261 e. The van der Waals surface area contributed by atoms with E-state index in [0.29, 0.717) is 24.3 Å². The number of benzene rings is 3. The molecule has 4 amide bonds. The molecule has 0 bridgehead atoms. The van der Waals surface area contributed by atoms with Crippen LogP contribution in [-0.2, 0) is 11.3 Å². The van der Waals surface area contributed by atoms with Crippen LogP contribution < -0.4 is 10.2 Å². The van der Waals surface area contributed by atoms with Gasteiger partial charge in [0.15, 0.2) is 0 Å². The first-order valence-electron chi connectivity index (χ1n) is 10.8. The molecule has 164 valence electrons. The summed E-state index contributed by atoms with van der Waals surface area (Å²) in [6, 6.07) is 20.9. The lowest BCUT2D eigenvalue weighted by Gasteiger charge is -2.20. The minimum Gasteiger partial charge on any atom is -0.320 e. The number of fused-ring (bicyclic) bond motifs is 1. The molecule has 33 heavy (non-hydrogen) atoms. The molecule has 3 aromatic rings. The van der Waals surface area contributed by atoms with Gasteiger partial charge in [0.25, 0.3) is 17.7 Å². The Morgan fingerprint density at radius 2 is 1.58 bits per heavy atom. The molecule has 2 aliphatic heterocycles. The van der Waals surface area contributed by atoms with Gasteiger partial charge in [-0.05, 0) is 42.3 Å². The third-order valence-corrected chi connectivity index (χ3v) is 5.93. The van der Waals surface area contributed by atoms with Gasteiger partial charge in [-0.3, -0.25) is 24.1 Å². The Kier molecular flexibility index (Phi) is 5.22. The number of amides is 4. The number of rotatable bonds is 5. The summed E-state index contributed by atoms with van der Waals surface area (Å²) in [6.07, 6.45) is 1.27. The highest BCUT2D eigenvalue weighted by atomic mass is 16.2. The van der Waals surface area contributed by atoms with Crippen molar-refractivity contribution in [2.75, 3.05) is 16.8 Å². The van der Waals surface area contributed by atoms with Crippen LogP contribution in [0.3, 0.4) is 0 Å². The maximum absolute atomic E-state index is 13.0. The number of imide groups is 1. The van der Waals surface area contributed by atoms with Crippen LogP contribution in [0.25, 0.3) is 0 Å². The maximum atomic E-state index is 13.0. The molecule has 0 spiro atoms. The Morgan fingerprint density at radius 1 is 0.848 bits per heavy atom. The van der Waals surface area contributed by atoms with Gasteiger partial charge in [0.05, 0.1) is 29.0 Å². The van der Waals surface area contributed by atoms with Gasteiger partial charge in [-0.1, -0.05) is 42.5 Å². The van der Waals surface area contributed by atoms with E-state index < -0.39 is 11.8 Å². The average Bonchev–Trinajstić information content (AvgIpc) is 3.36. The van der Waals surface area contributed by atoms with Crippen molar-refractivity contribution in [3.63, 3.8) is 0 Å². The van der Waals surface area contributed by atoms with Crippen LogP contribution in [0.2, 0.25) is 0 Å². The molecule has 5 rings (SSSR count). The zero-order valence-corrected chi connectivity index (χ0v) is 17.8. The Hall–Kier alpha value is -4.26. The molecular weight excluding hydrogens is 418 g/mol. The zero-order chi connectivity index (χ0) is 22.9. The molecule has 7 heteroatoms. The van der Waals surface area contributed by atoms with Crippen LogP contribution in [-0.4, -0.2) is 35.1 Å². The van der Waals surface area contributed by atoms with Crippen molar-refractivity contribution in [3.05, 3.63) is 95.1 Å². The number of anilines is 2. The van der Waals surface area contributed by atoms with Crippen molar-refractivity contribution in [2.24, 2.45) is 0 Å². The monoisotopic (exact) mass is 439 g/mol. The fraction of sp³-hybridized carbons (Fsp3) is 0.154. The van der Waals surface area contributed by atoms with Crippen molar-refractivity contribution >= 4 is 35.0 Å². The van der Waals surface area contributed by atoms with Gasteiger partial charge >= 0.3 is 0 Å². The number of hydrogen-bond donors (Lipinski definition) is 1. The molecule has 1 N–H and O–H groups in total. The van der Waals surface area contributed by atoms with Gasteiger partial charge in [0, 0.05) is 18.5 Å². The lowest BCUT2D eigenvalue weighted by molar-refractivity contribution is -0.117. The molecule has 0 saturated carbocycles. The van der Waals surface area contributed by atoms with E-state index in [2.05, 4.69) is 5.32 Å². The van der Waals surface area contributed by atoms with E-state index >= 15 is 0 Å². The van der Waals surface area contributed by atoms with Gasteiger partial charge in [-0.15, -0.1) is 0 Å². The van der Waals surface area contributed by atoms with Crippen molar-refractivity contribution in [1.29, 1.82) is 0 Å². The average molecular weight is 439 g/mol. The van der Waals surface area contributed by atoms with Gasteiger partial charge in [0.2, 0.25) is 5.91 Å². The standard InChI is InChI=1S/C26H21N3O4/c30-23-11-6-14-28(23)22-10-5-4-9-21(22)27-24(31)18-12-13-19-20(15-18)26(33)29(25(19)32)16-17-7-2-1-3-8-17/h1-5,7-10,12-13,15H,6,11,14,16H2,(H,27,31). The number of carbonyl (C=O) groups is 4. The second kappa shape index (κ2) is 8.35. The summed E-state index contributed by atoms with van der Waals surface area (Å²) in [7, 11) is 0. The normalized spacial score (nSPS) is 15.2. The van der Waals surface area contributed by atoms with Crippen LogP contribution in [0, 0.1) is 0 Å². The second-order valence-electron chi connectivity index (χ2n) is 8.06. The van der Waals surface area contributed by atoms with Crippen LogP contribution in [0.1, 0.15) is 49.5 Å². The number of nitrogens with one attached hydrogen (secondary N) is 1. The van der Waals surface area contributed by atoms with E-state index in [4.69, 9.17) is 0 Å². The van der Waals surface area contributed by atoms with Crippen molar-refractivity contribution in [2.45, 2.75) is 19.4 Å². The Morgan fingerprint density at radius 3 is 2.33 bits per heavy atom. The molecule has 3 aromatic carbocycles. The summed E-state index contributed by atoms with van der Waals surface area (Å²) in [5.74, 6) is -1.18. The fourth-order valence-electron chi connectivity index (χ4n) is 4.25. The second-order valence-corrected chi connectivity index (χ2v) is 8.06. The molecule has 0 atom stereocenters. The molecule has 0 unspecified atom stereocenters. The van der Waals surface area contributed by atoms with Gasteiger partial charge in [-0.25, -0.2) is 0 Å². The molecule has 1 fully saturated rings. The zero-order valence-electron chi connectivity index (χ0n) is 17.8. The highest BCUT2D eigenvalue weighted by Crippen LogP contribution is 2.30. The van der Waals surface area contributed by atoms with Crippen LogP contribution in [0.15, 0.2) is 72.8 Å². The van der Waals surface area contributed by atoms with E-state index in [1.807, 2.05) is 36.4 Å². The lowest BCUT2D eigenvalue weighted by Crippen LogP contribution is -2.29. The summed E-state index contributed by atoms with van der Waals surface area (Å²) in [6.45, 7) is 0.782. The molecular formula is C26H21N3O4. The van der Waals surface area contributed by atoms with Gasteiger partial charge in [-0.2, -0.15) is 0 Å². The maximum Gasteiger partial charge on any atom is 0.261 e. The first kappa shape index (κ1) is 20.6. The third-order valence-electron chi connectivity index (χ3n) is 5.93. The molecule has 2 aliphatic rings. The molecule has 0 radical (unpaired) electrons. The predicted molar refractivity (Wildman–Crippen MR) is 123 cm³/mol. The Labute approximate surface area is 190 Å². The van der Waals surface area contributed by atoms with Crippen molar-refractivity contribution in [3.8, 4) is 0 Å². The summed E-state index contributed by atoms with van der Waals surface area (Å²) < 4.78 is 0. The Bertz CT molecular complexity index is 1290. The van der Waals surface area contributed by atoms with E-state index in [1.165, 1.54) is 23.1 Å². The third kappa shape index (κ3) is 3.78. The highest BCUT2D eigenvalue weighted by molar-refractivity contribution is 6.22. The summed E-state index contributed by atoms with van der Waals surface area (Å²) in [5, 5.41) is 2.85. The van der Waals surface area contributed by atoms with Crippen LogP contribution in [0.4, 0.5) is 11.4 Å². The van der Waals surface area contributed by atoms with E-state index in [-0.39, 0.29) is 35.0 Å². The van der Waals surface area contributed by atoms with Gasteiger partial charge < -0.3 is 10.2 Å². The first-order valence-corrected chi connectivity index (χ1v) is 10.8. The lowest BCUT2D eigenvalue weighted by atomic mass is 10.1. The molecule has 1 saturated heterocycles. The predicted octanol–water partition coefficient (Wildman–Crippen LogP) is 3.86. The topological polar surface area (TPSA) is 86.8 Å². The molecule has 0 aromatic heterocycles. The summed E-state index contributed by atoms with van der Waals surface area (Å²) in [4.78, 5) is 53.7. The fourth-order valence-corrected chi connectivity index (χ4v) is 4.25.